The highest BCUT2D eigenvalue weighted by molar-refractivity contribution is 5.96. The van der Waals surface area contributed by atoms with E-state index in [-0.39, 0.29) is 5.56 Å². The van der Waals surface area contributed by atoms with Gasteiger partial charge in [0.1, 0.15) is 0 Å². The van der Waals surface area contributed by atoms with E-state index in [0.717, 1.165) is 23.8 Å². The molecule has 0 bridgehead atoms. The molecule has 29 heavy (non-hydrogen) atoms. The Bertz CT molecular complexity index is 1010. The lowest BCUT2D eigenvalue weighted by Crippen LogP contribution is -2.42. The second-order valence-electron chi connectivity index (χ2n) is 6.10. The van der Waals surface area contributed by atoms with Gasteiger partial charge in [0.05, 0.1) is 33.7 Å². The van der Waals surface area contributed by atoms with Crippen LogP contribution in [0, 0.1) is 20.2 Å². The Morgan fingerprint density at radius 2 is 1.34 bits per heavy atom. The van der Waals surface area contributed by atoms with Crippen LogP contribution < -0.4 is 10.4 Å². The molecular formula is C20H16N4O5. The van der Waals surface area contributed by atoms with E-state index in [9.17, 15) is 25.0 Å². The van der Waals surface area contributed by atoms with Gasteiger partial charge in [-0.25, -0.2) is 0 Å². The molecule has 3 aromatic rings. The number of nitro benzene ring substituents is 2. The summed E-state index contributed by atoms with van der Waals surface area (Å²) in [5.41, 5.74) is 3.04. The number of non-ortho nitro benzene ring substituents is 2. The van der Waals surface area contributed by atoms with Crippen LogP contribution >= 0.6 is 0 Å². The summed E-state index contributed by atoms with van der Waals surface area (Å²) >= 11 is 0. The van der Waals surface area contributed by atoms with Crippen molar-refractivity contribution in [3.8, 4) is 0 Å². The maximum Gasteiger partial charge on any atom is 0.277 e. The molecule has 0 saturated heterocycles. The lowest BCUT2D eigenvalue weighted by molar-refractivity contribution is -0.394. The average molecular weight is 392 g/mol. The van der Waals surface area contributed by atoms with E-state index in [2.05, 4.69) is 5.43 Å². The zero-order valence-electron chi connectivity index (χ0n) is 15.1. The van der Waals surface area contributed by atoms with E-state index < -0.39 is 27.1 Å². The van der Waals surface area contributed by atoms with Gasteiger partial charge in [0.15, 0.2) is 0 Å². The molecule has 1 amide bonds. The van der Waals surface area contributed by atoms with Gasteiger partial charge in [-0.2, -0.15) is 0 Å². The van der Waals surface area contributed by atoms with Crippen LogP contribution in [0.5, 0.6) is 0 Å². The molecule has 1 N–H and O–H groups in total. The van der Waals surface area contributed by atoms with Gasteiger partial charge >= 0.3 is 0 Å². The lowest BCUT2D eigenvalue weighted by atomic mass is 10.1. The van der Waals surface area contributed by atoms with E-state index >= 15 is 0 Å². The van der Waals surface area contributed by atoms with Crippen LogP contribution in [0.25, 0.3) is 0 Å². The molecule has 0 aliphatic carbocycles. The van der Waals surface area contributed by atoms with Gasteiger partial charge in [-0.05, 0) is 17.7 Å². The van der Waals surface area contributed by atoms with Crippen molar-refractivity contribution in [2.75, 3.05) is 5.01 Å². The normalized spacial score (nSPS) is 10.2. The van der Waals surface area contributed by atoms with Crippen LogP contribution in [0.4, 0.5) is 17.1 Å². The van der Waals surface area contributed by atoms with Crippen molar-refractivity contribution in [2.24, 2.45) is 0 Å². The number of hydrogen-bond donors (Lipinski definition) is 1. The van der Waals surface area contributed by atoms with Crippen molar-refractivity contribution in [2.45, 2.75) is 6.54 Å². The summed E-state index contributed by atoms with van der Waals surface area (Å²) in [6.07, 6.45) is 0. The van der Waals surface area contributed by atoms with Crippen LogP contribution in [0.15, 0.2) is 78.9 Å². The number of nitrogens with zero attached hydrogens (tertiary/aromatic N) is 3. The maximum atomic E-state index is 12.8. The Hall–Kier alpha value is -4.27. The minimum Gasteiger partial charge on any atom is -0.281 e. The Morgan fingerprint density at radius 1 is 0.828 bits per heavy atom. The van der Waals surface area contributed by atoms with Gasteiger partial charge in [-0.1, -0.05) is 48.5 Å². The van der Waals surface area contributed by atoms with E-state index in [1.54, 1.807) is 29.3 Å². The molecule has 9 heteroatoms. The fourth-order valence-electron chi connectivity index (χ4n) is 2.69. The van der Waals surface area contributed by atoms with Crippen molar-refractivity contribution in [1.29, 1.82) is 0 Å². The summed E-state index contributed by atoms with van der Waals surface area (Å²) in [6, 6.07) is 21.2. The standard InChI is InChI=1S/C20H16N4O5/c25-20(16-11-18(23(26)27)13-19(12-16)24(28)29)21-22(17-9-5-2-6-10-17)14-15-7-3-1-4-8-15/h1-13H,14H2,(H,21,25). The molecule has 0 aromatic heterocycles. The minimum absolute atomic E-state index is 0.181. The summed E-state index contributed by atoms with van der Waals surface area (Å²) in [5, 5.41) is 23.7. The molecule has 0 atom stereocenters. The number of para-hydroxylation sites is 1. The summed E-state index contributed by atoms with van der Waals surface area (Å²) in [6.45, 7) is 0.327. The number of hydrogen-bond acceptors (Lipinski definition) is 6. The van der Waals surface area contributed by atoms with Gasteiger partial charge in [-0.15, -0.1) is 0 Å². The fraction of sp³-hybridized carbons (Fsp3) is 0.0500. The summed E-state index contributed by atoms with van der Waals surface area (Å²) in [4.78, 5) is 33.4. The topological polar surface area (TPSA) is 119 Å². The van der Waals surface area contributed by atoms with Crippen molar-refractivity contribution < 1.29 is 14.6 Å². The molecule has 0 spiro atoms. The summed E-state index contributed by atoms with van der Waals surface area (Å²) in [7, 11) is 0. The third kappa shape index (κ3) is 4.92. The van der Waals surface area contributed by atoms with Crippen molar-refractivity contribution in [3.63, 3.8) is 0 Å². The molecule has 3 rings (SSSR count). The predicted octanol–water partition coefficient (Wildman–Crippen LogP) is 3.85. The summed E-state index contributed by atoms with van der Waals surface area (Å²) in [5.74, 6) is -0.698. The highest BCUT2D eigenvalue weighted by atomic mass is 16.6. The number of nitro groups is 2. The molecule has 146 valence electrons. The molecule has 0 aliphatic heterocycles. The average Bonchev–Trinajstić information content (AvgIpc) is 2.74. The number of anilines is 1. The lowest BCUT2D eigenvalue weighted by Gasteiger charge is -2.25. The Kier molecular flexibility index (Phi) is 5.79. The zero-order valence-corrected chi connectivity index (χ0v) is 15.1. The van der Waals surface area contributed by atoms with Gasteiger partial charge in [0.25, 0.3) is 17.3 Å². The SMILES string of the molecule is O=C(NN(Cc1ccccc1)c1ccccc1)c1cc([N+](=O)[O-])cc([N+](=O)[O-])c1. The van der Waals surface area contributed by atoms with Crippen LogP contribution in [0.1, 0.15) is 15.9 Å². The summed E-state index contributed by atoms with van der Waals surface area (Å²) < 4.78 is 0. The van der Waals surface area contributed by atoms with Gasteiger partial charge < -0.3 is 0 Å². The second kappa shape index (κ2) is 8.61. The van der Waals surface area contributed by atoms with Crippen LogP contribution in [-0.2, 0) is 6.54 Å². The number of carbonyl (C=O) groups is 1. The van der Waals surface area contributed by atoms with Crippen LogP contribution in [-0.4, -0.2) is 15.8 Å². The molecule has 3 aromatic carbocycles. The minimum atomic E-state index is -0.775. The molecule has 0 unspecified atom stereocenters. The number of carbonyl (C=O) groups excluding carboxylic acids is 1. The third-order valence-electron chi connectivity index (χ3n) is 4.07. The van der Waals surface area contributed by atoms with Crippen molar-refractivity contribution in [3.05, 3.63) is 110 Å². The van der Waals surface area contributed by atoms with E-state index in [1.165, 1.54) is 0 Å². The number of benzene rings is 3. The first kappa shape index (κ1) is 19.5. The largest absolute Gasteiger partial charge is 0.281 e. The Labute approximate surface area is 165 Å². The molecule has 0 fully saturated rings. The highest BCUT2D eigenvalue weighted by Crippen LogP contribution is 2.23. The van der Waals surface area contributed by atoms with E-state index in [1.807, 2.05) is 36.4 Å². The highest BCUT2D eigenvalue weighted by Gasteiger charge is 2.21. The van der Waals surface area contributed by atoms with Crippen LogP contribution in [0.3, 0.4) is 0 Å². The van der Waals surface area contributed by atoms with E-state index in [4.69, 9.17) is 0 Å². The second-order valence-corrected chi connectivity index (χ2v) is 6.10. The van der Waals surface area contributed by atoms with Crippen molar-refractivity contribution >= 4 is 23.0 Å². The third-order valence-corrected chi connectivity index (χ3v) is 4.07. The van der Waals surface area contributed by atoms with Crippen LogP contribution in [0.2, 0.25) is 0 Å². The molecule has 9 nitrogen and oxygen atoms in total. The Morgan fingerprint density at radius 3 is 1.86 bits per heavy atom. The molecule has 0 radical (unpaired) electrons. The maximum absolute atomic E-state index is 12.8. The van der Waals surface area contributed by atoms with E-state index in [0.29, 0.717) is 12.2 Å². The smallest absolute Gasteiger partial charge is 0.277 e. The van der Waals surface area contributed by atoms with Gasteiger partial charge in [0.2, 0.25) is 0 Å². The first-order valence-corrected chi connectivity index (χ1v) is 8.55. The number of rotatable bonds is 7. The molecule has 0 saturated carbocycles. The number of hydrazine groups is 1. The van der Waals surface area contributed by atoms with Crippen molar-refractivity contribution in [1.82, 2.24) is 5.43 Å². The fourth-order valence-corrected chi connectivity index (χ4v) is 2.69. The van der Waals surface area contributed by atoms with Gasteiger partial charge in [-0.3, -0.25) is 35.5 Å². The number of nitrogens with one attached hydrogen (secondary N) is 1. The Balaban J connectivity index is 1.92. The molecule has 0 aliphatic rings. The number of amides is 1. The van der Waals surface area contributed by atoms with Gasteiger partial charge in [0, 0.05) is 12.1 Å². The zero-order chi connectivity index (χ0) is 20.8. The first-order valence-electron chi connectivity index (χ1n) is 8.55. The molecule has 0 heterocycles. The molecular weight excluding hydrogens is 376 g/mol. The quantitative estimate of drug-likeness (QED) is 0.482. The first-order chi connectivity index (χ1) is 13.9. The predicted molar refractivity (Wildman–Crippen MR) is 106 cm³/mol. The monoisotopic (exact) mass is 392 g/mol.